The van der Waals surface area contributed by atoms with Crippen molar-refractivity contribution in [2.75, 3.05) is 13.1 Å². The summed E-state index contributed by atoms with van der Waals surface area (Å²) in [4.78, 5) is 14.8. The normalized spacial score (nSPS) is 22.9. The molecule has 8 nitrogen and oxygen atoms in total. The van der Waals surface area contributed by atoms with Crippen molar-refractivity contribution in [1.82, 2.24) is 34.8 Å². The summed E-state index contributed by atoms with van der Waals surface area (Å²) >= 11 is 0. The number of nitrogens with zero attached hydrogens (tertiary/aromatic N) is 6. The van der Waals surface area contributed by atoms with Crippen LogP contribution >= 0.6 is 0 Å². The van der Waals surface area contributed by atoms with Crippen molar-refractivity contribution in [1.29, 1.82) is 0 Å². The molecule has 0 radical (unpaired) electrons. The van der Waals surface area contributed by atoms with Gasteiger partial charge < -0.3 is 9.88 Å². The lowest BCUT2D eigenvalue weighted by molar-refractivity contribution is 0.0924. The van der Waals surface area contributed by atoms with Crippen LogP contribution < -0.4 is 5.32 Å². The Labute approximate surface area is 147 Å². The van der Waals surface area contributed by atoms with E-state index < -0.39 is 0 Å². The van der Waals surface area contributed by atoms with E-state index in [0.29, 0.717) is 17.7 Å². The van der Waals surface area contributed by atoms with Gasteiger partial charge in [-0.3, -0.25) is 14.4 Å². The number of hydrogen-bond donors (Lipinski definition) is 1. The second-order valence-corrected chi connectivity index (χ2v) is 7.62. The molecule has 1 fully saturated rings. The molecule has 2 aliphatic heterocycles. The Morgan fingerprint density at radius 3 is 2.80 bits per heavy atom. The number of hydrogen-bond acceptors (Lipinski definition) is 5. The maximum absolute atomic E-state index is 12.3. The van der Waals surface area contributed by atoms with E-state index in [2.05, 4.69) is 31.7 Å². The first-order chi connectivity index (χ1) is 12.0. The molecule has 0 bridgehead atoms. The van der Waals surface area contributed by atoms with E-state index in [1.54, 1.807) is 0 Å². The smallest absolute Gasteiger partial charge is 0.289 e. The molecule has 25 heavy (non-hydrogen) atoms. The molecule has 8 heteroatoms. The Morgan fingerprint density at radius 2 is 2.08 bits per heavy atom. The third-order valence-electron chi connectivity index (χ3n) is 5.13. The standard InChI is InChI=1S/C17H25N7O/c1-11(2)19-17(25)16-21-20-15-4-13-8-23(9-14(13)10-24(15)16)7-12-5-18-22(3)6-12/h5-6,11,13-14H,4,7-10H2,1-3H3,(H,19,25). The lowest BCUT2D eigenvalue weighted by atomic mass is 9.89. The largest absolute Gasteiger partial charge is 0.347 e. The van der Waals surface area contributed by atoms with Gasteiger partial charge in [-0.25, -0.2) is 0 Å². The van der Waals surface area contributed by atoms with Gasteiger partial charge in [0.1, 0.15) is 5.82 Å². The molecule has 0 aromatic carbocycles. The molecule has 2 unspecified atom stereocenters. The number of aromatic nitrogens is 5. The maximum Gasteiger partial charge on any atom is 0.289 e. The summed E-state index contributed by atoms with van der Waals surface area (Å²) < 4.78 is 3.87. The minimum absolute atomic E-state index is 0.0956. The Bertz CT molecular complexity index is 778. The van der Waals surface area contributed by atoms with Crippen LogP contribution in [-0.2, 0) is 26.6 Å². The lowest BCUT2D eigenvalue weighted by Crippen LogP contribution is -2.35. The molecule has 2 aromatic heterocycles. The number of carbonyl (C=O) groups is 1. The van der Waals surface area contributed by atoms with E-state index in [1.807, 2.05) is 36.3 Å². The molecular weight excluding hydrogens is 318 g/mol. The van der Waals surface area contributed by atoms with Gasteiger partial charge in [0.2, 0.25) is 5.82 Å². The molecule has 1 N–H and O–H groups in total. The topological polar surface area (TPSA) is 80.9 Å². The van der Waals surface area contributed by atoms with Crippen LogP contribution in [0.15, 0.2) is 12.4 Å². The van der Waals surface area contributed by atoms with E-state index in [9.17, 15) is 4.79 Å². The van der Waals surface area contributed by atoms with E-state index in [-0.39, 0.29) is 11.9 Å². The van der Waals surface area contributed by atoms with Crippen LogP contribution in [0.5, 0.6) is 0 Å². The third-order valence-corrected chi connectivity index (χ3v) is 5.13. The zero-order valence-electron chi connectivity index (χ0n) is 15.0. The van der Waals surface area contributed by atoms with Crippen molar-refractivity contribution in [3.05, 3.63) is 29.6 Å². The van der Waals surface area contributed by atoms with Gasteiger partial charge >= 0.3 is 0 Å². The molecule has 1 amide bonds. The molecule has 4 rings (SSSR count). The quantitative estimate of drug-likeness (QED) is 0.872. The van der Waals surface area contributed by atoms with E-state index in [1.165, 1.54) is 5.56 Å². The van der Waals surface area contributed by atoms with Crippen molar-refractivity contribution < 1.29 is 4.79 Å². The number of aryl methyl sites for hydroxylation is 1. The first kappa shape index (κ1) is 16.3. The van der Waals surface area contributed by atoms with Crippen LogP contribution in [0, 0.1) is 11.8 Å². The zero-order chi connectivity index (χ0) is 17.6. The van der Waals surface area contributed by atoms with Crippen LogP contribution in [0.1, 0.15) is 35.9 Å². The lowest BCUT2D eigenvalue weighted by Gasteiger charge is -2.25. The minimum Gasteiger partial charge on any atom is -0.347 e. The summed E-state index contributed by atoms with van der Waals surface area (Å²) in [5.41, 5.74) is 1.25. The fourth-order valence-corrected chi connectivity index (χ4v) is 4.06. The highest BCUT2D eigenvalue weighted by Gasteiger charge is 2.39. The maximum atomic E-state index is 12.3. The Morgan fingerprint density at radius 1 is 1.28 bits per heavy atom. The van der Waals surface area contributed by atoms with Gasteiger partial charge in [0.05, 0.1) is 6.20 Å². The van der Waals surface area contributed by atoms with Gasteiger partial charge in [-0.15, -0.1) is 10.2 Å². The van der Waals surface area contributed by atoms with Gasteiger partial charge in [-0.2, -0.15) is 5.10 Å². The molecule has 2 atom stereocenters. The highest BCUT2D eigenvalue weighted by atomic mass is 16.2. The van der Waals surface area contributed by atoms with Crippen molar-refractivity contribution in [2.24, 2.45) is 18.9 Å². The SMILES string of the molecule is CC(C)NC(=O)c1nnc2n1CC1CN(Cc3cnn(C)c3)CC1C2. The summed E-state index contributed by atoms with van der Waals surface area (Å²) in [6, 6.07) is 0.0956. The molecule has 0 saturated carbocycles. The van der Waals surface area contributed by atoms with E-state index in [0.717, 1.165) is 38.4 Å². The number of rotatable bonds is 4. The van der Waals surface area contributed by atoms with Gasteiger partial charge in [-0.05, 0) is 25.7 Å². The predicted molar refractivity (Wildman–Crippen MR) is 91.8 cm³/mol. The van der Waals surface area contributed by atoms with Crippen LogP contribution in [0.3, 0.4) is 0 Å². The first-order valence-electron chi connectivity index (χ1n) is 8.92. The summed E-state index contributed by atoms with van der Waals surface area (Å²) in [5, 5.41) is 15.6. The van der Waals surface area contributed by atoms with Crippen molar-refractivity contribution >= 4 is 5.91 Å². The second-order valence-electron chi connectivity index (χ2n) is 7.62. The van der Waals surface area contributed by atoms with Gasteiger partial charge in [0.15, 0.2) is 0 Å². The van der Waals surface area contributed by atoms with Crippen molar-refractivity contribution in [2.45, 2.75) is 39.4 Å². The molecule has 134 valence electrons. The van der Waals surface area contributed by atoms with E-state index >= 15 is 0 Å². The molecule has 2 aliphatic rings. The highest BCUT2D eigenvalue weighted by Crippen LogP contribution is 2.33. The summed E-state index contributed by atoms with van der Waals surface area (Å²) in [5.74, 6) is 2.41. The molecule has 1 saturated heterocycles. The van der Waals surface area contributed by atoms with Crippen molar-refractivity contribution in [3.8, 4) is 0 Å². The Balaban J connectivity index is 1.45. The molecule has 0 aliphatic carbocycles. The van der Waals surface area contributed by atoms with Gasteiger partial charge in [0.25, 0.3) is 5.91 Å². The average molecular weight is 343 g/mol. The van der Waals surface area contributed by atoms with Crippen LogP contribution in [-0.4, -0.2) is 54.5 Å². The zero-order valence-corrected chi connectivity index (χ0v) is 15.0. The van der Waals surface area contributed by atoms with E-state index in [4.69, 9.17) is 0 Å². The molecule has 2 aromatic rings. The van der Waals surface area contributed by atoms with Gasteiger partial charge in [-0.1, -0.05) is 0 Å². The number of nitrogens with one attached hydrogen (secondary N) is 1. The minimum atomic E-state index is -0.127. The first-order valence-corrected chi connectivity index (χ1v) is 8.92. The summed E-state index contributed by atoms with van der Waals surface area (Å²) in [6.45, 7) is 7.78. The number of carbonyl (C=O) groups excluding carboxylic acids is 1. The Kier molecular flexibility index (Phi) is 4.07. The number of fused-ring (bicyclic) bond motifs is 2. The second kappa shape index (κ2) is 6.25. The van der Waals surface area contributed by atoms with Crippen LogP contribution in [0.25, 0.3) is 0 Å². The summed E-state index contributed by atoms with van der Waals surface area (Å²) in [7, 11) is 1.95. The van der Waals surface area contributed by atoms with Crippen molar-refractivity contribution in [3.63, 3.8) is 0 Å². The number of likely N-dealkylation sites (tertiary alicyclic amines) is 1. The average Bonchev–Trinajstić information content (AvgIpc) is 3.22. The highest BCUT2D eigenvalue weighted by molar-refractivity contribution is 5.90. The van der Waals surface area contributed by atoms with Crippen LogP contribution in [0.4, 0.5) is 0 Å². The number of amides is 1. The molecule has 0 spiro atoms. The Hall–Kier alpha value is -2.22. The summed E-state index contributed by atoms with van der Waals surface area (Å²) in [6.07, 6.45) is 4.91. The fourth-order valence-electron chi connectivity index (χ4n) is 4.06. The predicted octanol–water partition coefficient (Wildman–Crippen LogP) is 0.454. The monoisotopic (exact) mass is 343 g/mol. The third kappa shape index (κ3) is 3.18. The fraction of sp³-hybridized carbons (Fsp3) is 0.647. The van der Waals surface area contributed by atoms with Gasteiger partial charge in [0, 0.05) is 57.4 Å². The molecular formula is C17H25N7O. The molecule has 4 heterocycles. The van der Waals surface area contributed by atoms with Crippen LogP contribution in [0.2, 0.25) is 0 Å².